The van der Waals surface area contributed by atoms with Gasteiger partial charge in [-0.05, 0) is 26.0 Å². The molecule has 3 N–H and O–H groups in total. The van der Waals surface area contributed by atoms with Gasteiger partial charge in [0.05, 0.1) is 12.1 Å². The van der Waals surface area contributed by atoms with Crippen molar-refractivity contribution in [2.24, 2.45) is 0 Å². The van der Waals surface area contributed by atoms with E-state index in [1.807, 2.05) is 26.0 Å². The third-order valence-electron chi connectivity index (χ3n) is 2.48. The zero-order chi connectivity index (χ0) is 13.5. The molecule has 0 radical (unpaired) electrons. The van der Waals surface area contributed by atoms with Crippen LogP contribution < -0.4 is 16.0 Å². The molecule has 1 aromatic carbocycles. The summed E-state index contributed by atoms with van der Waals surface area (Å²) in [6.07, 6.45) is 0. The van der Waals surface area contributed by atoms with Gasteiger partial charge in [-0.2, -0.15) is 0 Å². The number of hydrogen-bond donors (Lipinski definition) is 3. The van der Waals surface area contributed by atoms with Crippen LogP contribution in [0.1, 0.15) is 22.8 Å². The molecule has 0 bridgehead atoms. The summed E-state index contributed by atoms with van der Waals surface area (Å²) in [5.41, 5.74) is 2.33. The van der Waals surface area contributed by atoms with Gasteiger partial charge in [0.25, 0.3) is 5.91 Å². The van der Waals surface area contributed by atoms with Crippen LogP contribution in [0.4, 0.5) is 5.69 Å². The Morgan fingerprint density at radius 2 is 2.00 bits per heavy atom. The summed E-state index contributed by atoms with van der Waals surface area (Å²) in [5.74, 6) is -0.473. The van der Waals surface area contributed by atoms with E-state index in [-0.39, 0.29) is 18.4 Å². The smallest absolute Gasteiger partial charge is 0.253 e. The summed E-state index contributed by atoms with van der Waals surface area (Å²) in [4.78, 5) is 23.1. The standard InChI is InChI=1S/C13H19N3O2/c1-4-15-11-6-5-9(2)7-10(11)13(18)16-8-12(17)14-3/h5-7,15H,4,8H2,1-3H3,(H,14,17)(H,16,18). The monoisotopic (exact) mass is 249 g/mol. The highest BCUT2D eigenvalue weighted by Gasteiger charge is 2.12. The Morgan fingerprint density at radius 3 is 2.61 bits per heavy atom. The van der Waals surface area contributed by atoms with Gasteiger partial charge in [0.1, 0.15) is 0 Å². The van der Waals surface area contributed by atoms with Gasteiger partial charge in [-0.25, -0.2) is 0 Å². The van der Waals surface area contributed by atoms with E-state index in [9.17, 15) is 9.59 Å². The molecule has 1 rings (SSSR count). The average Bonchev–Trinajstić information content (AvgIpc) is 2.37. The molecule has 0 aliphatic carbocycles. The van der Waals surface area contributed by atoms with Crippen molar-refractivity contribution in [3.05, 3.63) is 29.3 Å². The summed E-state index contributed by atoms with van der Waals surface area (Å²) in [6.45, 7) is 4.60. The molecular weight excluding hydrogens is 230 g/mol. The number of nitrogens with one attached hydrogen (secondary N) is 3. The van der Waals surface area contributed by atoms with Crippen molar-refractivity contribution in [1.82, 2.24) is 10.6 Å². The molecule has 0 fully saturated rings. The fourth-order valence-corrected chi connectivity index (χ4v) is 1.53. The van der Waals surface area contributed by atoms with E-state index < -0.39 is 0 Å². The second kappa shape index (κ2) is 6.64. The van der Waals surface area contributed by atoms with Gasteiger partial charge in [0.2, 0.25) is 5.91 Å². The van der Waals surface area contributed by atoms with Gasteiger partial charge in [0.15, 0.2) is 0 Å². The summed E-state index contributed by atoms with van der Waals surface area (Å²) in [7, 11) is 1.53. The van der Waals surface area contributed by atoms with Crippen molar-refractivity contribution in [3.63, 3.8) is 0 Å². The average molecular weight is 249 g/mol. The Labute approximate surface area is 107 Å². The van der Waals surface area contributed by atoms with Crippen LogP contribution in [0, 0.1) is 6.92 Å². The van der Waals surface area contributed by atoms with Gasteiger partial charge in [-0.3, -0.25) is 9.59 Å². The Kier molecular flexibility index (Phi) is 5.17. The summed E-state index contributed by atoms with van der Waals surface area (Å²) >= 11 is 0. The normalized spacial score (nSPS) is 9.72. The van der Waals surface area contributed by atoms with Crippen molar-refractivity contribution < 1.29 is 9.59 Å². The van der Waals surface area contributed by atoms with Crippen LogP contribution in [0.25, 0.3) is 0 Å². The molecule has 98 valence electrons. The molecule has 5 nitrogen and oxygen atoms in total. The number of rotatable bonds is 5. The van der Waals surface area contributed by atoms with Crippen molar-refractivity contribution in [3.8, 4) is 0 Å². The predicted octanol–water partition coefficient (Wildman–Crippen LogP) is 0.903. The minimum Gasteiger partial charge on any atom is -0.385 e. The minimum atomic E-state index is -0.252. The van der Waals surface area contributed by atoms with Gasteiger partial charge in [-0.15, -0.1) is 0 Å². The van der Waals surface area contributed by atoms with Crippen LogP contribution >= 0.6 is 0 Å². The first kappa shape index (κ1) is 14.0. The third-order valence-corrected chi connectivity index (χ3v) is 2.48. The number of amides is 2. The maximum Gasteiger partial charge on any atom is 0.253 e. The molecular formula is C13H19N3O2. The van der Waals surface area contributed by atoms with Crippen LogP contribution in [0.3, 0.4) is 0 Å². The largest absolute Gasteiger partial charge is 0.385 e. The predicted molar refractivity (Wildman–Crippen MR) is 71.7 cm³/mol. The van der Waals surface area contributed by atoms with Crippen molar-refractivity contribution in [2.45, 2.75) is 13.8 Å². The molecule has 0 aliphatic rings. The van der Waals surface area contributed by atoms with Crippen molar-refractivity contribution in [2.75, 3.05) is 25.5 Å². The molecule has 2 amide bonds. The molecule has 0 aliphatic heterocycles. The van der Waals surface area contributed by atoms with E-state index in [2.05, 4.69) is 16.0 Å². The molecule has 0 saturated heterocycles. The second-order valence-corrected chi connectivity index (χ2v) is 3.94. The Balaban J connectivity index is 2.82. The Morgan fingerprint density at radius 1 is 1.28 bits per heavy atom. The third kappa shape index (κ3) is 3.76. The van der Waals surface area contributed by atoms with Gasteiger partial charge in [0, 0.05) is 19.3 Å². The zero-order valence-electron chi connectivity index (χ0n) is 11.0. The maximum atomic E-state index is 12.0. The van der Waals surface area contributed by atoms with E-state index in [1.54, 1.807) is 6.07 Å². The van der Waals surface area contributed by atoms with Crippen molar-refractivity contribution >= 4 is 17.5 Å². The van der Waals surface area contributed by atoms with E-state index in [1.165, 1.54) is 7.05 Å². The highest BCUT2D eigenvalue weighted by atomic mass is 16.2. The first-order chi connectivity index (χ1) is 8.58. The highest BCUT2D eigenvalue weighted by molar-refractivity contribution is 6.01. The molecule has 0 saturated carbocycles. The molecule has 1 aromatic rings. The molecule has 0 spiro atoms. The topological polar surface area (TPSA) is 70.2 Å². The lowest BCUT2D eigenvalue weighted by Gasteiger charge is -2.11. The van der Waals surface area contributed by atoms with E-state index >= 15 is 0 Å². The van der Waals surface area contributed by atoms with Gasteiger partial charge < -0.3 is 16.0 Å². The number of carbonyl (C=O) groups is 2. The molecule has 5 heteroatoms. The lowest BCUT2D eigenvalue weighted by molar-refractivity contribution is -0.119. The molecule has 0 aromatic heterocycles. The molecule has 0 heterocycles. The number of anilines is 1. The van der Waals surface area contributed by atoms with Crippen LogP contribution in [-0.2, 0) is 4.79 Å². The van der Waals surface area contributed by atoms with E-state index in [0.29, 0.717) is 5.56 Å². The summed E-state index contributed by atoms with van der Waals surface area (Å²) in [6, 6.07) is 5.61. The number of likely N-dealkylation sites (N-methyl/N-ethyl adjacent to an activating group) is 1. The lowest BCUT2D eigenvalue weighted by atomic mass is 10.1. The first-order valence-electron chi connectivity index (χ1n) is 5.91. The number of aryl methyl sites for hydroxylation is 1. The summed E-state index contributed by atoms with van der Waals surface area (Å²) in [5, 5.41) is 8.16. The quantitative estimate of drug-likeness (QED) is 0.726. The molecule has 0 atom stereocenters. The first-order valence-corrected chi connectivity index (χ1v) is 5.91. The van der Waals surface area contributed by atoms with Gasteiger partial charge in [-0.1, -0.05) is 11.6 Å². The number of carbonyl (C=O) groups excluding carboxylic acids is 2. The molecule has 18 heavy (non-hydrogen) atoms. The maximum absolute atomic E-state index is 12.0. The van der Waals surface area contributed by atoms with Crippen LogP contribution in [0.15, 0.2) is 18.2 Å². The minimum absolute atomic E-state index is 0.0190. The SMILES string of the molecule is CCNc1ccc(C)cc1C(=O)NCC(=O)NC. The van der Waals surface area contributed by atoms with Gasteiger partial charge >= 0.3 is 0 Å². The Hall–Kier alpha value is -2.04. The van der Waals surface area contributed by atoms with Crippen LogP contribution in [-0.4, -0.2) is 32.0 Å². The van der Waals surface area contributed by atoms with Crippen LogP contribution in [0.5, 0.6) is 0 Å². The highest BCUT2D eigenvalue weighted by Crippen LogP contribution is 2.17. The van der Waals surface area contributed by atoms with E-state index in [4.69, 9.17) is 0 Å². The van der Waals surface area contributed by atoms with Crippen LogP contribution in [0.2, 0.25) is 0 Å². The fourth-order valence-electron chi connectivity index (χ4n) is 1.53. The number of benzene rings is 1. The number of hydrogen-bond acceptors (Lipinski definition) is 3. The zero-order valence-corrected chi connectivity index (χ0v) is 11.0. The lowest BCUT2D eigenvalue weighted by Crippen LogP contribution is -2.35. The fraction of sp³-hybridized carbons (Fsp3) is 0.385. The summed E-state index contributed by atoms with van der Waals surface area (Å²) < 4.78 is 0. The molecule has 0 unspecified atom stereocenters. The van der Waals surface area contributed by atoms with Crippen molar-refractivity contribution in [1.29, 1.82) is 0 Å². The Bertz CT molecular complexity index is 444. The van der Waals surface area contributed by atoms with E-state index in [0.717, 1.165) is 17.8 Å². The second-order valence-electron chi connectivity index (χ2n) is 3.94.